The highest BCUT2D eigenvalue weighted by Gasteiger charge is 2.53. The summed E-state index contributed by atoms with van der Waals surface area (Å²) in [6, 6.07) is -1.27. The third-order valence-corrected chi connectivity index (χ3v) is 3.21. The average molecular weight is 309 g/mol. The molecule has 0 aliphatic carbocycles. The summed E-state index contributed by atoms with van der Waals surface area (Å²) in [5, 5.41) is 59.0. The molecule has 0 aromatic rings. The number of nitrogens with one attached hydrogen (secondary N) is 1. The van der Waals surface area contributed by atoms with E-state index in [0.717, 1.165) is 6.92 Å². The lowest BCUT2D eigenvalue weighted by atomic mass is 9.88. The zero-order valence-corrected chi connectivity index (χ0v) is 11.2. The van der Waals surface area contributed by atoms with E-state index in [0.29, 0.717) is 0 Å². The highest BCUT2D eigenvalue weighted by Crippen LogP contribution is 2.30. The van der Waals surface area contributed by atoms with Crippen LogP contribution in [0.25, 0.3) is 0 Å². The van der Waals surface area contributed by atoms with Crippen molar-refractivity contribution in [3.63, 3.8) is 0 Å². The molecule has 0 aromatic heterocycles. The number of hydrogen-bond donors (Lipinski definition) is 7. The van der Waals surface area contributed by atoms with Crippen LogP contribution in [0.5, 0.6) is 0 Å². The second-order valence-corrected chi connectivity index (χ2v) is 4.91. The van der Waals surface area contributed by atoms with Gasteiger partial charge in [-0.3, -0.25) is 4.79 Å². The molecule has 0 unspecified atom stereocenters. The van der Waals surface area contributed by atoms with E-state index in [-0.39, 0.29) is 0 Å². The number of ether oxygens (including phenoxy) is 1. The number of carbonyl (C=O) groups excluding carboxylic acids is 1. The molecule has 0 spiro atoms. The van der Waals surface area contributed by atoms with Crippen molar-refractivity contribution in [1.29, 1.82) is 0 Å². The van der Waals surface area contributed by atoms with E-state index >= 15 is 0 Å². The van der Waals surface area contributed by atoms with Gasteiger partial charge in [0, 0.05) is 13.3 Å². The Hall–Kier alpha value is -1.30. The lowest BCUT2D eigenvalue weighted by Crippen LogP contribution is -2.67. The van der Waals surface area contributed by atoms with Crippen molar-refractivity contribution in [3.8, 4) is 0 Å². The summed E-state index contributed by atoms with van der Waals surface area (Å²) in [4.78, 5) is 22.1. The molecule has 1 saturated heterocycles. The Balaban J connectivity index is 3.07. The first-order chi connectivity index (χ1) is 9.62. The third kappa shape index (κ3) is 3.87. The topological polar surface area (TPSA) is 177 Å². The molecule has 6 atom stereocenters. The number of rotatable bonds is 5. The molecule has 10 nitrogen and oxygen atoms in total. The Labute approximate surface area is 119 Å². The maximum absolute atomic E-state index is 11.1. The van der Waals surface area contributed by atoms with Gasteiger partial charge in [0.2, 0.25) is 5.91 Å². The van der Waals surface area contributed by atoms with Gasteiger partial charge in [0.15, 0.2) is 0 Å². The largest absolute Gasteiger partial charge is 0.477 e. The fraction of sp³-hybridized carbons (Fsp3) is 0.818. The van der Waals surface area contributed by atoms with Gasteiger partial charge in [-0.05, 0) is 0 Å². The number of hydrogen-bond acceptors (Lipinski definition) is 8. The standard InChI is InChI=1S/C11H19NO9/c1-4(14)12-7-5(15)2-11(20,10(18)19)21-9(7)8(17)6(16)3-13/h5-9,13,15-17,20H,2-3H2,1H3,(H,12,14)(H,18,19)/t5-,6+,7-,8-,9+,11-/m0/s1. The molecule has 1 aliphatic heterocycles. The quantitative estimate of drug-likeness (QED) is 0.268. The number of amides is 1. The molecule has 0 bridgehead atoms. The minimum Gasteiger partial charge on any atom is -0.477 e. The summed E-state index contributed by atoms with van der Waals surface area (Å²) in [6.45, 7) is 0.256. The van der Waals surface area contributed by atoms with Crippen LogP contribution in [0.15, 0.2) is 0 Å². The fourth-order valence-corrected chi connectivity index (χ4v) is 2.14. The molecule has 0 aromatic carbocycles. The monoisotopic (exact) mass is 309 g/mol. The fourth-order valence-electron chi connectivity index (χ4n) is 2.14. The van der Waals surface area contributed by atoms with E-state index in [1.165, 1.54) is 0 Å². The summed E-state index contributed by atoms with van der Waals surface area (Å²) in [5.41, 5.74) is 0. The van der Waals surface area contributed by atoms with Crippen LogP contribution < -0.4 is 5.32 Å². The molecule has 10 heteroatoms. The van der Waals surface area contributed by atoms with Crippen LogP contribution in [0.3, 0.4) is 0 Å². The first kappa shape index (κ1) is 17.8. The van der Waals surface area contributed by atoms with Crippen molar-refractivity contribution in [2.45, 2.75) is 49.6 Å². The van der Waals surface area contributed by atoms with Crippen LogP contribution in [-0.4, -0.2) is 85.4 Å². The van der Waals surface area contributed by atoms with Gasteiger partial charge in [-0.1, -0.05) is 0 Å². The number of aliphatic hydroxyl groups excluding tert-OH is 4. The molecule has 1 rings (SSSR count). The van der Waals surface area contributed by atoms with Crippen LogP contribution in [0.1, 0.15) is 13.3 Å². The van der Waals surface area contributed by atoms with Gasteiger partial charge >= 0.3 is 5.97 Å². The average Bonchev–Trinajstić information content (AvgIpc) is 2.39. The number of carboxylic acids is 1. The van der Waals surface area contributed by atoms with Crippen molar-refractivity contribution in [2.24, 2.45) is 0 Å². The summed E-state index contributed by atoms with van der Waals surface area (Å²) < 4.78 is 4.86. The molecule has 7 N–H and O–H groups in total. The van der Waals surface area contributed by atoms with Gasteiger partial charge in [-0.15, -0.1) is 0 Å². The molecule has 1 fully saturated rings. The Morgan fingerprint density at radius 3 is 2.43 bits per heavy atom. The zero-order valence-electron chi connectivity index (χ0n) is 11.2. The predicted octanol–water partition coefficient (Wildman–Crippen LogP) is -3.87. The van der Waals surface area contributed by atoms with Crippen LogP contribution in [0.2, 0.25) is 0 Å². The van der Waals surface area contributed by atoms with E-state index in [2.05, 4.69) is 5.32 Å². The van der Waals surface area contributed by atoms with Crippen molar-refractivity contribution in [1.82, 2.24) is 5.32 Å². The number of aliphatic carboxylic acids is 1. The molecule has 1 amide bonds. The van der Waals surface area contributed by atoms with Crippen LogP contribution in [-0.2, 0) is 14.3 Å². The first-order valence-electron chi connectivity index (χ1n) is 6.18. The Bertz CT molecular complexity index is 403. The van der Waals surface area contributed by atoms with Gasteiger partial charge in [-0.2, -0.15) is 0 Å². The first-order valence-corrected chi connectivity index (χ1v) is 6.18. The van der Waals surface area contributed by atoms with Crippen LogP contribution in [0.4, 0.5) is 0 Å². The number of aliphatic hydroxyl groups is 5. The Morgan fingerprint density at radius 2 is 2.00 bits per heavy atom. The summed E-state index contributed by atoms with van der Waals surface area (Å²) in [7, 11) is 0. The number of carbonyl (C=O) groups is 2. The SMILES string of the molecule is CC(=O)N[C@@H]1[C@H]([C@@H](O)[C@H](O)CO)O[C@](O)(C(=O)O)C[C@@H]1O. The van der Waals surface area contributed by atoms with Gasteiger partial charge < -0.3 is 40.7 Å². The Kier molecular flexibility index (Phi) is 5.61. The highest BCUT2D eigenvalue weighted by atomic mass is 16.7. The van der Waals surface area contributed by atoms with Crippen LogP contribution in [0, 0.1) is 0 Å². The second kappa shape index (κ2) is 6.64. The molecular weight excluding hydrogens is 290 g/mol. The molecule has 0 saturated carbocycles. The van der Waals surface area contributed by atoms with E-state index in [1.807, 2.05) is 0 Å². The molecule has 1 aliphatic rings. The van der Waals surface area contributed by atoms with Crippen molar-refractivity contribution in [2.75, 3.05) is 6.61 Å². The summed E-state index contributed by atoms with van der Waals surface area (Å²) in [6.07, 6.45) is -7.48. The van der Waals surface area contributed by atoms with E-state index in [9.17, 15) is 30.0 Å². The van der Waals surface area contributed by atoms with Gasteiger partial charge in [0.1, 0.15) is 18.3 Å². The van der Waals surface area contributed by atoms with Crippen molar-refractivity contribution < 1.29 is 45.0 Å². The maximum atomic E-state index is 11.1. The number of carboxylic acid groups (broad SMARTS) is 1. The van der Waals surface area contributed by atoms with E-state index in [4.69, 9.17) is 14.9 Å². The van der Waals surface area contributed by atoms with Gasteiger partial charge in [-0.25, -0.2) is 4.79 Å². The van der Waals surface area contributed by atoms with Crippen LogP contribution >= 0.6 is 0 Å². The zero-order chi connectivity index (χ0) is 16.4. The minimum absolute atomic E-state index is 0.598. The highest BCUT2D eigenvalue weighted by molar-refractivity contribution is 5.76. The summed E-state index contributed by atoms with van der Waals surface area (Å²) >= 11 is 0. The van der Waals surface area contributed by atoms with E-state index < -0.39 is 61.1 Å². The molecular formula is C11H19NO9. The lowest BCUT2D eigenvalue weighted by Gasteiger charge is -2.44. The predicted molar refractivity (Wildman–Crippen MR) is 64.8 cm³/mol. The second-order valence-electron chi connectivity index (χ2n) is 4.91. The van der Waals surface area contributed by atoms with Crippen molar-refractivity contribution >= 4 is 11.9 Å². The van der Waals surface area contributed by atoms with Crippen molar-refractivity contribution in [3.05, 3.63) is 0 Å². The summed E-state index contributed by atoms with van der Waals surface area (Å²) in [5.74, 6) is -5.17. The Morgan fingerprint density at radius 1 is 1.43 bits per heavy atom. The van der Waals surface area contributed by atoms with Gasteiger partial charge in [0.25, 0.3) is 5.79 Å². The smallest absolute Gasteiger partial charge is 0.364 e. The molecule has 21 heavy (non-hydrogen) atoms. The van der Waals surface area contributed by atoms with E-state index in [1.54, 1.807) is 0 Å². The minimum atomic E-state index is -2.78. The van der Waals surface area contributed by atoms with Gasteiger partial charge in [0.05, 0.1) is 18.8 Å². The third-order valence-electron chi connectivity index (χ3n) is 3.21. The normalized spacial score (nSPS) is 35.8. The molecule has 0 radical (unpaired) electrons. The molecule has 1 heterocycles. The lowest BCUT2D eigenvalue weighted by molar-refractivity contribution is -0.295. The maximum Gasteiger partial charge on any atom is 0.364 e. The molecule has 122 valence electrons.